The van der Waals surface area contributed by atoms with Crippen molar-refractivity contribution < 1.29 is 9.90 Å². The standard InChI is InChI=1S/C15H16N2O2S/c18-10-13-3-1-12(2-4-13)9-17-15(19)11-20-14-5-7-16-8-6-14/h1-8,18H,9-11H2,(H,17,19). The summed E-state index contributed by atoms with van der Waals surface area (Å²) in [5.41, 5.74) is 1.89. The van der Waals surface area contributed by atoms with Crippen molar-refractivity contribution in [3.8, 4) is 0 Å². The van der Waals surface area contributed by atoms with Gasteiger partial charge in [0.25, 0.3) is 0 Å². The molecule has 0 aliphatic rings. The van der Waals surface area contributed by atoms with Gasteiger partial charge in [0.15, 0.2) is 0 Å². The van der Waals surface area contributed by atoms with Crippen LogP contribution in [0.2, 0.25) is 0 Å². The summed E-state index contributed by atoms with van der Waals surface area (Å²) in [7, 11) is 0. The molecule has 0 bridgehead atoms. The summed E-state index contributed by atoms with van der Waals surface area (Å²) in [6, 6.07) is 11.3. The molecule has 0 spiro atoms. The maximum Gasteiger partial charge on any atom is 0.230 e. The molecule has 2 aromatic rings. The first-order valence-corrected chi connectivity index (χ1v) is 7.24. The molecule has 1 heterocycles. The van der Waals surface area contributed by atoms with Crippen molar-refractivity contribution in [1.29, 1.82) is 0 Å². The summed E-state index contributed by atoms with van der Waals surface area (Å²) in [6.07, 6.45) is 3.42. The molecule has 0 aliphatic carbocycles. The number of pyridine rings is 1. The molecule has 1 aromatic heterocycles. The number of thioether (sulfide) groups is 1. The fraction of sp³-hybridized carbons (Fsp3) is 0.200. The van der Waals surface area contributed by atoms with Crippen molar-refractivity contribution in [3.63, 3.8) is 0 Å². The first-order valence-electron chi connectivity index (χ1n) is 6.26. The third kappa shape index (κ3) is 4.68. The molecule has 0 saturated carbocycles. The molecular weight excluding hydrogens is 272 g/mol. The van der Waals surface area contributed by atoms with Gasteiger partial charge in [0.05, 0.1) is 12.4 Å². The van der Waals surface area contributed by atoms with Crippen molar-refractivity contribution in [1.82, 2.24) is 10.3 Å². The highest BCUT2D eigenvalue weighted by Gasteiger charge is 2.03. The van der Waals surface area contributed by atoms with Gasteiger partial charge in [0, 0.05) is 23.8 Å². The van der Waals surface area contributed by atoms with Gasteiger partial charge in [-0.3, -0.25) is 9.78 Å². The summed E-state index contributed by atoms with van der Waals surface area (Å²) < 4.78 is 0. The molecule has 2 rings (SSSR count). The molecule has 1 aromatic carbocycles. The van der Waals surface area contributed by atoms with Gasteiger partial charge < -0.3 is 10.4 Å². The fourth-order valence-corrected chi connectivity index (χ4v) is 2.31. The number of aliphatic hydroxyl groups is 1. The van der Waals surface area contributed by atoms with E-state index in [-0.39, 0.29) is 12.5 Å². The zero-order valence-electron chi connectivity index (χ0n) is 11.0. The lowest BCUT2D eigenvalue weighted by Crippen LogP contribution is -2.24. The lowest BCUT2D eigenvalue weighted by molar-refractivity contribution is -0.118. The molecule has 0 atom stereocenters. The Morgan fingerprint density at radius 3 is 2.40 bits per heavy atom. The minimum Gasteiger partial charge on any atom is -0.392 e. The number of amides is 1. The Balaban J connectivity index is 1.74. The molecule has 20 heavy (non-hydrogen) atoms. The Kier molecular flexibility index (Phi) is 5.58. The highest BCUT2D eigenvalue weighted by atomic mass is 32.2. The Labute approximate surface area is 122 Å². The topological polar surface area (TPSA) is 62.2 Å². The molecule has 1 amide bonds. The third-order valence-corrected chi connectivity index (χ3v) is 3.73. The van der Waals surface area contributed by atoms with Gasteiger partial charge in [-0.05, 0) is 23.3 Å². The first-order chi connectivity index (χ1) is 9.78. The molecule has 0 radical (unpaired) electrons. The van der Waals surface area contributed by atoms with Crippen molar-refractivity contribution in [2.75, 3.05) is 5.75 Å². The van der Waals surface area contributed by atoms with Crippen LogP contribution in [0, 0.1) is 0 Å². The van der Waals surface area contributed by atoms with Crippen LogP contribution in [-0.4, -0.2) is 21.8 Å². The predicted octanol–water partition coefficient (Wildman–Crippen LogP) is 1.98. The van der Waals surface area contributed by atoms with Crippen LogP contribution in [0.5, 0.6) is 0 Å². The summed E-state index contributed by atoms with van der Waals surface area (Å²) in [6.45, 7) is 0.538. The van der Waals surface area contributed by atoms with Crippen LogP contribution >= 0.6 is 11.8 Å². The van der Waals surface area contributed by atoms with E-state index in [0.29, 0.717) is 12.3 Å². The zero-order chi connectivity index (χ0) is 14.2. The Morgan fingerprint density at radius 1 is 1.10 bits per heavy atom. The predicted molar refractivity (Wildman–Crippen MR) is 79.2 cm³/mol. The Hall–Kier alpha value is -1.85. The average Bonchev–Trinajstić information content (AvgIpc) is 2.52. The van der Waals surface area contributed by atoms with Gasteiger partial charge in [0.1, 0.15) is 0 Å². The highest BCUT2D eigenvalue weighted by molar-refractivity contribution is 8.00. The van der Waals surface area contributed by atoms with E-state index >= 15 is 0 Å². The zero-order valence-corrected chi connectivity index (χ0v) is 11.8. The average molecular weight is 288 g/mol. The van der Waals surface area contributed by atoms with Crippen LogP contribution in [0.1, 0.15) is 11.1 Å². The van der Waals surface area contributed by atoms with E-state index in [2.05, 4.69) is 10.3 Å². The number of benzene rings is 1. The van der Waals surface area contributed by atoms with E-state index in [1.807, 2.05) is 36.4 Å². The number of rotatable bonds is 6. The molecule has 4 nitrogen and oxygen atoms in total. The van der Waals surface area contributed by atoms with E-state index < -0.39 is 0 Å². The summed E-state index contributed by atoms with van der Waals surface area (Å²) in [5, 5.41) is 11.8. The third-order valence-electron chi connectivity index (χ3n) is 2.71. The first kappa shape index (κ1) is 14.6. The maximum atomic E-state index is 11.7. The molecule has 0 unspecified atom stereocenters. The monoisotopic (exact) mass is 288 g/mol. The second-order valence-corrected chi connectivity index (χ2v) is 5.27. The van der Waals surface area contributed by atoms with E-state index in [0.717, 1.165) is 16.0 Å². The van der Waals surface area contributed by atoms with Crippen LogP contribution in [0.25, 0.3) is 0 Å². The van der Waals surface area contributed by atoms with Crippen LogP contribution in [0.4, 0.5) is 0 Å². The molecule has 0 saturated heterocycles. The quantitative estimate of drug-likeness (QED) is 0.798. The maximum absolute atomic E-state index is 11.7. The number of aliphatic hydroxyl groups excluding tert-OH is 1. The van der Waals surface area contributed by atoms with E-state index in [9.17, 15) is 4.79 Å². The largest absolute Gasteiger partial charge is 0.392 e. The Morgan fingerprint density at radius 2 is 1.75 bits per heavy atom. The van der Waals surface area contributed by atoms with Crippen LogP contribution < -0.4 is 5.32 Å². The van der Waals surface area contributed by atoms with Gasteiger partial charge >= 0.3 is 0 Å². The van der Waals surface area contributed by atoms with E-state index in [4.69, 9.17) is 5.11 Å². The number of nitrogens with one attached hydrogen (secondary N) is 1. The molecule has 2 N–H and O–H groups in total. The minimum absolute atomic E-state index is 0.00181. The second kappa shape index (κ2) is 7.67. The van der Waals surface area contributed by atoms with Crippen molar-refractivity contribution >= 4 is 17.7 Å². The van der Waals surface area contributed by atoms with Crippen LogP contribution in [0.3, 0.4) is 0 Å². The normalized spacial score (nSPS) is 10.2. The van der Waals surface area contributed by atoms with Crippen molar-refractivity contribution in [2.45, 2.75) is 18.0 Å². The van der Waals surface area contributed by atoms with Gasteiger partial charge in [-0.2, -0.15) is 0 Å². The van der Waals surface area contributed by atoms with Crippen molar-refractivity contribution in [3.05, 3.63) is 59.9 Å². The fourth-order valence-electron chi connectivity index (χ4n) is 1.60. The van der Waals surface area contributed by atoms with Crippen LogP contribution in [-0.2, 0) is 17.9 Å². The van der Waals surface area contributed by atoms with Crippen molar-refractivity contribution in [2.24, 2.45) is 0 Å². The number of carbonyl (C=O) groups is 1. The minimum atomic E-state index is -0.00181. The summed E-state index contributed by atoms with van der Waals surface area (Å²) >= 11 is 1.48. The van der Waals surface area contributed by atoms with Crippen LogP contribution in [0.15, 0.2) is 53.7 Å². The molecule has 0 fully saturated rings. The number of carbonyl (C=O) groups excluding carboxylic acids is 1. The second-order valence-electron chi connectivity index (χ2n) is 4.22. The van der Waals surface area contributed by atoms with Gasteiger partial charge in [-0.1, -0.05) is 24.3 Å². The van der Waals surface area contributed by atoms with Gasteiger partial charge in [-0.25, -0.2) is 0 Å². The lowest BCUT2D eigenvalue weighted by Gasteiger charge is -2.06. The summed E-state index contributed by atoms with van der Waals surface area (Å²) in [5.74, 6) is 0.386. The van der Waals surface area contributed by atoms with E-state index in [1.54, 1.807) is 12.4 Å². The Bertz CT molecular complexity index is 544. The number of hydrogen-bond donors (Lipinski definition) is 2. The summed E-state index contributed by atoms with van der Waals surface area (Å²) in [4.78, 5) is 16.7. The van der Waals surface area contributed by atoms with E-state index in [1.165, 1.54) is 11.8 Å². The SMILES string of the molecule is O=C(CSc1ccncc1)NCc1ccc(CO)cc1. The smallest absolute Gasteiger partial charge is 0.230 e. The number of hydrogen-bond acceptors (Lipinski definition) is 4. The molecule has 5 heteroatoms. The van der Waals surface area contributed by atoms with Gasteiger partial charge in [-0.15, -0.1) is 11.8 Å². The molecule has 0 aliphatic heterocycles. The number of nitrogens with zero attached hydrogens (tertiary/aromatic N) is 1. The highest BCUT2D eigenvalue weighted by Crippen LogP contribution is 2.15. The molecule has 104 valence electrons. The number of aromatic nitrogens is 1. The van der Waals surface area contributed by atoms with Gasteiger partial charge in [0.2, 0.25) is 5.91 Å². The lowest BCUT2D eigenvalue weighted by atomic mass is 10.1. The molecular formula is C15H16N2O2S.